The second-order valence-electron chi connectivity index (χ2n) is 6.45. The lowest BCUT2D eigenvalue weighted by atomic mass is 9.84. The Labute approximate surface area is 142 Å². The average Bonchev–Trinajstić information content (AvgIpc) is 3.08. The van der Waals surface area contributed by atoms with Gasteiger partial charge >= 0.3 is 0 Å². The number of hydrogen-bond donors (Lipinski definition) is 2. The van der Waals surface area contributed by atoms with Crippen LogP contribution in [0.3, 0.4) is 0 Å². The minimum absolute atomic E-state index is 0. The van der Waals surface area contributed by atoms with Crippen LogP contribution in [0.1, 0.15) is 24.8 Å². The Morgan fingerprint density at radius 3 is 2.74 bits per heavy atom. The Balaban J connectivity index is 0.00000192. The number of carbonyl (C=O) groups is 1. The summed E-state index contributed by atoms with van der Waals surface area (Å²) < 4.78 is 18.5. The molecular formula is C17H24ClFN2O2. The molecule has 2 fully saturated rings. The van der Waals surface area contributed by atoms with Crippen LogP contribution in [0, 0.1) is 23.6 Å². The highest BCUT2D eigenvalue weighted by atomic mass is 35.5. The van der Waals surface area contributed by atoms with Crippen molar-refractivity contribution in [1.29, 1.82) is 0 Å². The molecule has 0 saturated heterocycles. The van der Waals surface area contributed by atoms with Gasteiger partial charge in [-0.1, -0.05) is 6.07 Å². The van der Waals surface area contributed by atoms with Gasteiger partial charge in [-0.3, -0.25) is 4.79 Å². The maximum absolute atomic E-state index is 13.6. The zero-order chi connectivity index (χ0) is 15.7. The van der Waals surface area contributed by atoms with Crippen molar-refractivity contribution in [2.24, 2.45) is 23.5 Å². The fourth-order valence-electron chi connectivity index (χ4n) is 4.04. The zero-order valence-electron chi connectivity index (χ0n) is 13.3. The standard InChI is InChI=1S/C17H23FN2O2.ClH/c1-22-14-5-2-10(8-13(14)18)6-7-20-17(21)15-11-3-4-12(9-11)16(15)19;/h2,5,8,11-12,15-16H,3-4,6-7,9,19H2,1H3,(H,20,21);1H. The molecule has 0 radical (unpaired) electrons. The van der Waals surface area contributed by atoms with Gasteiger partial charge in [-0.15, -0.1) is 12.4 Å². The normalized spacial score (nSPS) is 28.3. The Bertz CT molecular complexity index is 568. The van der Waals surface area contributed by atoms with E-state index >= 15 is 0 Å². The summed E-state index contributed by atoms with van der Waals surface area (Å²) in [6, 6.07) is 4.89. The van der Waals surface area contributed by atoms with E-state index in [1.165, 1.54) is 19.6 Å². The maximum atomic E-state index is 13.6. The van der Waals surface area contributed by atoms with Crippen LogP contribution in [-0.2, 0) is 11.2 Å². The van der Waals surface area contributed by atoms with Crippen LogP contribution in [0.2, 0.25) is 0 Å². The number of nitrogens with one attached hydrogen (secondary N) is 1. The zero-order valence-corrected chi connectivity index (χ0v) is 14.1. The van der Waals surface area contributed by atoms with Crippen molar-refractivity contribution in [3.63, 3.8) is 0 Å². The molecule has 0 aromatic heterocycles. The SMILES string of the molecule is COc1ccc(CCNC(=O)C2C3CCC(C3)C2N)cc1F.Cl. The summed E-state index contributed by atoms with van der Waals surface area (Å²) in [5.41, 5.74) is 7.02. The third-order valence-corrected chi connectivity index (χ3v) is 5.21. The largest absolute Gasteiger partial charge is 0.494 e. The molecule has 0 spiro atoms. The monoisotopic (exact) mass is 342 g/mol. The molecule has 6 heteroatoms. The highest BCUT2D eigenvalue weighted by Gasteiger charge is 2.48. The summed E-state index contributed by atoms with van der Waals surface area (Å²) in [4.78, 5) is 12.3. The number of amides is 1. The van der Waals surface area contributed by atoms with Crippen molar-refractivity contribution in [2.75, 3.05) is 13.7 Å². The highest BCUT2D eigenvalue weighted by molar-refractivity contribution is 5.85. The number of halogens is 2. The van der Waals surface area contributed by atoms with Gasteiger partial charge in [0, 0.05) is 12.6 Å². The summed E-state index contributed by atoms with van der Waals surface area (Å²) in [5, 5.41) is 2.96. The molecule has 1 amide bonds. The third kappa shape index (κ3) is 3.61. The molecule has 3 rings (SSSR count). The molecule has 0 aliphatic heterocycles. The van der Waals surface area contributed by atoms with Crippen molar-refractivity contribution in [3.8, 4) is 5.75 Å². The topological polar surface area (TPSA) is 64.3 Å². The summed E-state index contributed by atoms with van der Waals surface area (Å²) in [6.45, 7) is 0.505. The fourth-order valence-corrected chi connectivity index (χ4v) is 4.04. The maximum Gasteiger partial charge on any atom is 0.224 e. The average molecular weight is 343 g/mol. The minimum Gasteiger partial charge on any atom is -0.494 e. The van der Waals surface area contributed by atoms with Crippen molar-refractivity contribution in [3.05, 3.63) is 29.6 Å². The number of rotatable bonds is 5. The molecule has 128 valence electrons. The van der Waals surface area contributed by atoms with E-state index in [1.54, 1.807) is 6.07 Å². The second-order valence-corrected chi connectivity index (χ2v) is 6.45. The van der Waals surface area contributed by atoms with Crippen molar-refractivity contribution >= 4 is 18.3 Å². The van der Waals surface area contributed by atoms with Crippen LogP contribution in [0.5, 0.6) is 5.75 Å². The molecular weight excluding hydrogens is 319 g/mol. The quantitative estimate of drug-likeness (QED) is 0.863. The van der Waals surface area contributed by atoms with Crippen LogP contribution in [0.4, 0.5) is 4.39 Å². The van der Waals surface area contributed by atoms with Crippen LogP contribution in [0.15, 0.2) is 18.2 Å². The highest BCUT2D eigenvalue weighted by Crippen LogP contribution is 2.47. The molecule has 1 aromatic rings. The van der Waals surface area contributed by atoms with Gasteiger partial charge < -0.3 is 15.8 Å². The minimum atomic E-state index is -0.374. The molecule has 2 saturated carbocycles. The number of hydrogen-bond acceptors (Lipinski definition) is 3. The van der Waals surface area contributed by atoms with Gasteiger partial charge in [0.1, 0.15) is 0 Å². The van der Waals surface area contributed by atoms with Gasteiger partial charge in [0.15, 0.2) is 11.6 Å². The third-order valence-electron chi connectivity index (χ3n) is 5.21. The van der Waals surface area contributed by atoms with Crippen molar-refractivity contribution in [1.82, 2.24) is 5.32 Å². The van der Waals surface area contributed by atoms with E-state index in [4.69, 9.17) is 10.5 Å². The lowest BCUT2D eigenvalue weighted by Gasteiger charge is -2.27. The van der Waals surface area contributed by atoms with E-state index in [0.717, 1.165) is 18.4 Å². The molecule has 2 bridgehead atoms. The van der Waals surface area contributed by atoms with Gasteiger partial charge in [-0.25, -0.2) is 4.39 Å². The molecule has 0 heterocycles. The number of ether oxygens (including phenoxy) is 1. The van der Waals surface area contributed by atoms with Crippen LogP contribution in [-0.4, -0.2) is 25.6 Å². The summed E-state index contributed by atoms with van der Waals surface area (Å²) in [7, 11) is 1.44. The Kier molecular flexibility index (Phi) is 5.87. The smallest absolute Gasteiger partial charge is 0.224 e. The molecule has 23 heavy (non-hydrogen) atoms. The van der Waals surface area contributed by atoms with E-state index < -0.39 is 0 Å². The van der Waals surface area contributed by atoms with E-state index in [0.29, 0.717) is 24.8 Å². The number of benzene rings is 1. The van der Waals surface area contributed by atoms with Crippen LogP contribution >= 0.6 is 12.4 Å². The van der Waals surface area contributed by atoms with Crippen LogP contribution in [0.25, 0.3) is 0 Å². The lowest BCUT2D eigenvalue weighted by molar-refractivity contribution is -0.127. The number of carbonyl (C=O) groups excluding carboxylic acids is 1. The molecule has 4 nitrogen and oxygen atoms in total. The molecule has 3 N–H and O–H groups in total. The summed E-state index contributed by atoms with van der Waals surface area (Å²) >= 11 is 0. The first-order valence-electron chi connectivity index (χ1n) is 7.96. The summed E-state index contributed by atoms with van der Waals surface area (Å²) in [5.74, 6) is 0.872. The fraction of sp³-hybridized carbons (Fsp3) is 0.588. The predicted octanol–water partition coefficient (Wildman–Crippen LogP) is 2.29. The number of methoxy groups -OCH3 is 1. The first kappa shape index (κ1) is 18.0. The second kappa shape index (κ2) is 7.49. The molecule has 2 aliphatic carbocycles. The Morgan fingerprint density at radius 2 is 2.13 bits per heavy atom. The van der Waals surface area contributed by atoms with Crippen molar-refractivity contribution < 1.29 is 13.9 Å². The first-order chi connectivity index (χ1) is 10.6. The molecule has 4 unspecified atom stereocenters. The van der Waals surface area contributed by atoms with Crippen molar-refractivity contribution in [2.45, 2.75) is 31.7 Å². The van der Waals surface area contributed by atoms with E-state index in [9.17, 15) is 9.18 Å². The molecule has 1 aromatic carbocycles. The van der Waals surface area contributed by atoms with E-state index in [2.05, 4.69) is 5.32 Å². The predicted molar refractivity (Wildman–Crippen MR) is 89.2 cm³/mol. The van der Waals surface area contributed by atoms with Gasteiger partial charge in [0.25, 0.3) is 0 Å². The molecule has 2 aliphatic rings. The summed E-state index contributed by atoms with van der Waals surface area (Å²) in [6.07, 6.45) is 3.99. The molecule has 4 atom stereocenters. The Hall–Kier alpha value is -1.33. The van der Waals surface area contributed by atoms with E-state index in [1.807, 2.05) is 6.07 Å². The van der Waals surface area contributed by atoms with Gasteiger partial charge in [0.2, 0.25) is 5.91 Å². The van der Waals surface area contributed by atoms with Gasteiger partial charge in [0.05, 0.1) is 13.0 Å². The van der Waals surface area contributed by atoms with Gasteiger partial charge in [-0.2, -0.15) is 0 Å². The van der Waals surface area contributed by atoms with Gasteiger partial charge in [-0.05, 0) is 55.2 Å². The number of fused-ring (bicyclic) bond motifs is 2. The van der Waals surface area contributed by atoms with E-state index in [-0.39, 0.29) is 41.8 Å². The number of nitrogens with two attached hydrogens (primary N) is 1. The lowest BCUT2D eigenvalue weighted by Crippen LogP contribution is -2.45. The van der Waals surface area contributed by atoms with Crippen LogP contribution < -0.4 is 15.8 Å². The Morgan fingerprint density at radius 1 is 1.39 bits per heavy atom. The first-order valence-corrected chi connectivity index (χ1v) is 7.96.